The zero-order valence-electron chi connectivity index (χ0n) is 14.4. The number of hydrogen-bond acceptors (Lipinski definition) is 2. The SMILES string of the molecule is CSCc1cccc2c(C(c3ccc(Cl)cc3)C(C)CC#N)c[nH]c12. The predicted octanol–water partition coefficient (Wildman–Crippen LogP) is 6.37. The van der Waals surface area contributed by atoms with E-state index in [2.05, 4.69) is 60.8 Å². The van der Waals surface area contributed by atoms with E-state index in [1.165, 1.54) is 27.6 Å². The van der Waals surface area contributed by atoms with Crippen LogP contribution in [0.2, 0.25) is 5.02 Å². The molecule has 0 bridgehead atoms. The van der Waals surface area contributed by atoms with Gasteiger partial charge in [0.25, 0.3) is 0 Å². The van der Waals surface area contributed by atoms with E-state index in [0.29, 0.717) is 6.42 Å². The molecule has 0 radical (unpaired) electrons. The maximum Gasteiger partial charge on any atom is 0.0624 e. The predicted molar refractivity (Wildman–Crippen MR) is 108 cm³/mol. The first-order valence-corrected chi connectivity index (χ1v) is 10.1. The molecule has 25 heavy (non-hydrogen) atoms. The van der Waals surface area contributed by atoms with E-state index in [0.717, 1.165) is 10.8 Å². The lowest BCUT2D eigenvalue weighted by Crippen LogP contribution is -2.11. The third kappa shape index (κ3) is 3.71. The summed E-state index contributed by atoms with van der Waals surface area (Å²) >= 11 is 7.89. The molecule has 2 unspecified atom stereocenters. The molecule has 1 N–H and O–H groups in total. The lowest BCUT2D eigenvalue weighted by Gasteiger charge is -2.23. The van der Waals surface area contributed by atoms with Gasteiger partial charge in [-0.3, -0.25) is 0 Å². The highest BCUT2D eigenvalue weighted by Crippen LogP contribution is 2.38. The summed E-state index contributed by atoms with van der Waals surface area (Å²) in [5.74, 6) is 1.36. The van der Waals surface area contributed by atoms with E-state index in [1.807, 2.05) is 23.9 Å². The minimum absolute atomic E-state index is 0.162. The van der Waals surface area contributed by atoms with Gasteiger partial charge in [0.2, 0.25) is 0 Å². The second kappa shape index (κ2) is 7.99. The number of thioether (sulfide) groups is 1. The average molecular weight is 369 g/mol. The Labute approximate surface area is 158 Å². The minimum Gasteiger partial charge on any atom is -0.361 e. The Hall–Kier alpha value is -1.89. The molecule has 0 amide bonds. The van der Waals surface area contributed by atoms with Crippen LogP contribution in [0, 0.1) is 17.2 Å². The molecule has 128 valence electrons. The first-order valence-electron chi connectivity index (χ1n) is 8.36. The van der Waals surface area contributed by atoms with Crippen molar-refractivity contribution in [1.29, 1.82) is 5.26 Å². The zero-order valence-corrected chi connectivity index (χ0v) is 16.0. The quantitative estimate of drug-likeness (QED) is 0.549. The summed E-state index contributed by atoms with van der Waals surface area (Å²) in [7, 11) is 0. The van der Waals surface area contributed by atoms with Gasteiger partial charge in [-0.2, -0.15) is 17.0 Å². The van der Waals surface area contributed by atoms with E-state index in [9.17, 15) is 5.26 Å². The van der Waals surface area contributed by atoms with E-state index < -0.39 is 0 Å². The van der Waals surface area contributed by atoms with Gasteiger partial charge in [0.15, 0.2) is 0 Å². The van der Waals surface area contributed by atoms with E-state index in [-0.39, 0.29) is 11.8 Å². The number of para-hydroxylation sites is 1. The number of aromatic amines is 1. The van der Waals surface area contributed by atoms with Gasteiger partial charge >= 0.3 is 0 Å². The number of hydrogen-bond donors (Lipinski definition) is 1. The summed E-state index contributed by atoms with van der Waals surface area (Å²) in [5.41, 5.74) is 4.97. The first kappa shape index (κ1) is 17.9. The summed E-state index contributed by atoms with van der Waals surface area (Å²) < 4.78 is 0. The second-order valence-corrected chi connectivity index (χ2v) is 7.69. The lowest BCUT2D eigenvalue weighted by atomic mass is 9.80. The highest BCUT2D eigenvalue weighted by atomic mass is 35.5. The van der Waals surface area contributed by atoms with Crippen LogP contribution in [0.5, 0.6) is 0 Å². The summed E-state index contributed by atoms with van der Waals surface area (Å²) in [6.45, 7) is 2.15. The molecule has 2 nitrogen and oxygen atoms in total. The Kier molecular flexibility index (Phi) is 5.73. The van der Waals surface area contributed by atoms with Gasteiger partial charge in [-0.05, 0) is 41.0 Å². The Morgan fingerprint density at radius 3 is 2.64 bits per heavy atom. The second-order valence-electron chi connectivity index (χ2n) is 6.39. The molecule has 3 aromatic rings. The fourth-order valence-corrected chi connectivity index (χ4v) is 4.20. The summed E-state index contributed by atoms with van der Waals surface area (Å²) in [4.78, 5) is 3.48. The molecule has 0 fully saturated rings. The molecule has 2 aromatic carbocycles. The number of nitriles is 1. The van der Waals surface area contributed by atoms with Gasteiger partial charge in [-0.1, -0.05) is 48.9 Å². The zero-order chi connectivity index (χ0) is 17.8. The number of rotatable bonds is 6. The average Bonchev–Trinajstić information content (AvgIpc) is 3.02. The number of halogens is 1. The summed E-state index contributed by atoms with van der Waals surface area (Å²) in [6, 6.07) is 16.8. The fraction of sp³-hybridized carbons (Fsp3) is 0.286. The first-order chi connectivity index (χ1) is 12.2. The van der Waals surface area contributed by atoms with Crippen LogP contribution >= 0.6 is 23.4 Å². The summed E-state index contributed by atoms with van der Waals surface area (Å²) in [5, 5.41) is 11.2. The van der Waals surface area contributed by atoms with Gasteiger partial charge in [-0.15, -0.1) is 0 Å². The topological polar surface area (TPSA) is 39.6 Å². The molecule has 1 heterocycles. The van der Waals surface area contributed by atoms with Crippen molar-refractivity contribution in [3.05, 3.63) is 70.4 Å². The minimum atomic E-state index is 0.162. The third-order valence-corrected chi connectivity index (χ3v) is 5.53. The van der Waals surface area contributed by atoms with Crippen LogP contribution in [0.1, 0.15) is 36.0 Å². The Morgan fingerprint density at radius 1 is 1.20 bits per heavy atom. The molecule has 0 aliphatic rings. The molecular formula is C21H21ClN2S. The fourth-order valence-electron chi connectivity index (χ4n) is 3.52. The van der Waals surface area contributed by atoms with Crippen LogP contribution in [-0.4, -0.2) is 11.2 Å². The molecule has 0 spiro atoms. The van der Waals surface area contributed by atoms with Crippen molar-refractivity contribution in [2.75, 3.05) is 6.26 Å². The van der Waals surface area contributed by atoms with Crippen LogP contribution in [0.15, 0.2) is 48.7 Å². The van der Waals surface area contributed by atoms with Crippen LogP contribution in [0.25, 0.3) is 10.9 Å². The maximum absolute atomic E-state index is 9.22. The lowest BCUT2D eigenvalue weighted by molar-refractivity contribution is 0.526. The molecule has 0 saturated heterocycles. The smallest absolute Gasteiger partial charge is 0.0624 e. The Morgan fingerprint density at radius 2 is 1.96 bits per heavy atom. The van der Waals surface area contributed by atoms with Crippen LogP contribution < -0.4 is 0 Å². The molecule has 1 aromatic heterocycles. The molecule has 3 rings (SSSR count). The number of nitrogens with one attached hydrogen (secondary N) is 1. The van der Waals surface area contributed by atoms with Crippen molar-refractivity contribution in [1.82, 2.24) is 4.98 Å². The number of nitrogens with zero attached hydrogens (tertiary/aromatic N) is 1. The van der Waals surface area contributed by atoms with Gasteiger partial charge < -0.3 is 4.98 Å². The Balaban J connectivity index is 2.13. The van der Waals surface area contributed by atoms with Crippen molar-refractivity contribution < 1.29 is 0 Å². The van der Waals surface area contributed by atoms with E-state index in [4.69, 9.17) is 11.6 Å². The van der Waals surface area contributed by atoms with Crippen LogP contribution in [0.3, 0.4) is 0 Å². The van der Waals surface area contributed by atoms with Gasteiger partial charge in [-0.25, -0.2) is 0 Å². The standard InChI is InChI=1S/C21H21ClN2S/c1-14(10-11-23)20(15-6-8-17(22)9-7-15)19-12-24-21-16(13-25-2)4-3-5-18(19)21/h3-9,12,14,20,24H,10,13H2,1-2H3. The van der Waals surface area contributed by atoms with Crippen molar-refractivity contribution >= 4 is 34.3 Å². The van der Waals surface area contributed by atoms with E-state index >= 15 is 0 Å². The normalized spacial score (nSPS) is 13.5. The highest BCUT2D eigenvalue weighted by molar-refractivity contribution is 7.97. The highest BCUT2D eigenvalue weighted by Gasteiger charge is 2.24. The number of fused-ring (bicyclic) bond motifs is 1. The van der Waals surface area contributed by atoms with Gasteiger partial charge in [0.05, 0.1) is 6.07 Å². The van der Waals surface area contributed by atoms with Crippen LogP contribution in [-0.2, 0) is 5.75 Å². The summed E-state index contributed by atoms with van der Waals surface area (Å²) in [6.07, 6.45) is 4.75. The van der Waals surface area contributed by atoms with Crippen molar-refractivity contribution in [3.8, 4) is 6.07 Å². The van der Waals surface area contributed by atoms with Crippen LogP contribution in [0.4, 0.5) is 0 Å². The van der Waals surface area contributed by atoms with Crippen molar-refractivity contribution in [3.63, 3.8) is 0 Å². The number of benzene rings is 2. The maximum atomic E-state index is 9.22. The van der Waals surface area contributed by atoms with E-state index in [1.54, 1.807) is 0 Å². The van der Waals surface area contributed by atoms with Crippen molar-refractivity contribution in [2.45, 2.75) is 25.0 Å². The molecule has 0 aliphatic heterocycles. The molecular weight excluding hydrogens is 348 g/mol. The molecule has 0 aliphatic carbocycles. The number of aromatic nitrogens is 1. The Bertz CT molecular complexity index is 892. The molecule has 2 atom stereocenters. The molecule has 0 saturated carbocycles. The monoisotopic (exact) mass is 368 g/mol. The van der Waals surface area contributed by atoms with Crippen molar-refractivity contribution in [2.24, 2.45) is 5.92 Å². The van der Waals surface area contributed by atoms with Gasteiger partial charge in [0, 0.05) is 40.2 Å². The molecule has 4 heteroatoms. The third-order valence-electron chi connectivity index (χ3n) is 4.68. The largest absolute Gasteiger partial charge is 0.361 e. The number of H-pyrrole nitrogens is 1. The van der Waals surface area contributed by atoms with Gasteiger partial charge in [0.1, 0.15) is 0 Å².